The zero-order valence-electron chi connectivity index (χ0n) is 17.2. The van der Waals surface area contributed by atoms with Crippen LogP contribution < -0.4 is 0 Å². The van der Waals surface area contributed by atoms with E-state index in [-0.39, 0.29) is 28.2 Å². The van der Waals surface area contributed by atoms with Gasteiger partial charge >= 0.3 is 12.4 Å². The highest BCUT2D eigenvalue weighted by molar-refractivity contribution is 7.91. The summed E-state index contributed by atoms with van der Waals surface area (Å²) in [4.78, 5) is 11.7. The van der Waals surface area contributed by atoms with E-state index >= 15 is 0 Å². The predicted molar refractivity (Wildman–Crippen MR) is 105 cm³/mol. The minimum Gasteiger partial charge on any atom is -0.324 e. The van der Waals surface area contributed by atoms with Gasteiger partial charge in [0.1, 0.15) is 22.7 Å². The van der Waals surface area contributed by atoms with E-state index < -0.39 is 50.1 Å². The van der Waals surface area contributed by atoms with E-state index in [9.17, 15) is 34.8 Å². The number of hydrogen-bond acceptors (Lipinski definition) is 5. The molecule has 14 heteroatoms. The zero-order chi connectivity index (χ0) is 24.5. The summed E-state index contributed by atoms with van der Waals surface area (Å²) in [5.41, 5.74) is -3.20. The van der Waals surface area contributed by atoms with Crippen LogP contribution in [0.5, 0.6) is 0 Å². The maximum Gasteiger partial charge on any atom is 0.433 e. The second-order valence-electron chi connectivity index (χ2n) is 7.22. The van der Waals surface area contributed by atoms with Crippen LogP contribution in [0, 0.1) is 6.92 Å². The molecule has 4 aromatic heterocycles. The number of rotatable bonds is 3. The van der Waals surface area contributed by atoms with Crippen LogP contribution in [0.2, 0.25) is 0 Å². The van der Waals surface area contributed by atoms with Gasteiger partial charge in [0.05, 0.1) is 22.5 Å². The van der Waals surface area contributed by atoms with Crippen molar-refractivity contribution in [2.24, 2.45) is 7.05 Å². The molecule has 0 radical (unpaired) electrons. The fourth-order valence-electron chi connectivity index (χ4n) is 3.66. The summed E-state index contributed by atoms with van der Waals surface area (Å²) in [5.74, 6) is -0.749. The molecule has 4 rings (SSSR count). The highest BCUT2D eigenvalue weighted by atomic mass is 32.2. The van der Waals surface area contributed by atoms with Gasteiger partial charge in [0, 0.05) is 7.05 Å². The van der Waals surface area contributed by atoms with Crippen molar-refractivity contribution < 1.29 is 34.8 Å². The SMILES string of the molecule is CCS(=O)(=O)c1c(-c2nc3cc(C(F)(F)F)nc(C)c3n2C)nc2cccc(C(F)(F)F)n12. The van der Waals surface area contributed by atoms with E-state index in [0.717, 1.165) is 6.07 Å². The summed E-state index contributed by atoms with van der Waals surface area (Å²) in [6.45, 7) is 2.57. The molecule has 0 spiro atoms. The highest BCUT2D eigenvalue weighted by Crippen LogP contribution is 2.37. The number of sulfone groups is 1. The minimum atomic E-state index is -4.90. The van der Waals surface area contributed by atoms with E-state index in [4.69, 9.17) is 0 Å². The van der Waals surface area contributed by atoms with Gasteiger partial charge in [0.2, 0.25) is 0 Å². The monoisotopic (exact) mass is 491 g/mol. The molecular formula is C19H15F6N5O2S. The zero-order valence-corrected chi connectivity index (χ0v) is 18.1. The second kappa shape index (κ2) is 7.17. The molecule has 33 heavy (non-hydrogen) atoms. The molecule has 0 aliphatic carbocycles. The van der Waals surface area contributed by atoms with Gasteiger partial charge in [0.15, 0.2) is 20.7 Å². The Bertz CT molecular complexity index is 1520. The third-order valence-electron chi connectivity index (χ3n) is 5.10. The average molecular weight is 491 g/mol. The minimum absolute atomic E-state index is 0.0410. The van der Waals surface area contributed by atoms with Gasteiger partial charge in [-0.25, -0.2) is 23.4 Å². The summed E-state index contributed by atoms with van der Waals surface area (Å²) in [6, 6.07) is 3.68. The van der Waals surface area contributed by atoms with Crippen LogP contribution in [-0.2, 0) is 29.2 Å². The number of pyridine rings is 2. The number of alkyl halides is 6. The Morgan fingerprint density at radius 1 is 1.00 bits per heavy atom. The number of fused-ring (bicyclic) bond motifs is 2. The van der Waals surface area contributed by atoms with Gasteiger partial charge in [-0.1, -0.05) is 13.0 Å². The number of hydrogen-bond donors (Lipinski definition) is 0. The number of imidazole rings is 2. The number of halogens is 6. The fraction of sp³-hybridized carbons (Fsp3) is 0.316. The smallest absolute Gasteiger partial charge is 0.324 e. The van der Waals surface area contributed by atoms with Gasteiger partial charge in [-0.3, -0.25) is 4.40 Å². The third kappa shape index (κ3) is 3.61. The second-order valence-corrected chi connectivity index (χ2v) is 9.42. The summed E-state index contributed by atoms with van der Waals surface area (Å²) >= 11 is 0. The van der Waals surface area contributed by atoms with Crippen molar-refractivity contribution in [2.45, 2.75) is 31.2 Å². The lowest BCUT2D eigenvalue weighted by atomic mass is 10.2. The molecule has 7 nitrogen and oxygen atoms in total. The highest BCUT2D eigenvalue weighted by Gasteiger charge is 2.38. The topological polar surface area (TPSA) is 82.1 Å². The lowest BCUT2D eigenvalue weighted by Crippen LogP contribution is -2.16. The van der Waals surface area contributed by atoms with Crippen LogP contribution in [0.15, 0.2) is 29.3 Å². The molecule has 0 aliphatic rings. The van der Waals surface area contributed by atoms with Crippen molar-refractivity contribution >= 4 is 26.5 Å². The van der Waals surface area contributed by atoms with Crippen LogP contribution in [0.1, 0.15) is 24.0 Å². The lowest BCUT2D eigenvalue weighted by molar-refractivity contribution is -0.142. The molecule has 0 saturated heterocycles. The standard InChI is InChI=1S/C19H15F6N5O2S/c1-4-33(31,32)17-14(28-13-7-5-6-12(30(13)17)19(23,24)25)16-27-10-8-11(18(20,21)22)26-9(2)15(10)29(16)3/h5-8H,4H2,1-3H3. The first-order valence-corrected chi connectivity index (χ1v) is 11.0. The van der Waals surface area contributed by atoms with Crippen molar-refractivity contribution in [1.29, 1.82) is 0 Å². The molecule has 176 valence electrons. The Morgan fingerprint density at radius 3 is 2.24 bits per heavy atom. The summed E-state index contributed by atoms with van der Waals surface area (Å²) in [5, 5.41) is -0.743. The quantitative estimate of drug-likeness (QED) is 0.397. The molecule has 0 amide bonds. The first-order valence-electron chi connectivity index (χ1n) is 9.40. The summed E-state index contributed by atoms with van der Waals surface area (Å²) in [6.07, 6.45) is -9.65. The molecule has 0 saturated carbocycles. The molecule has 0 aromatic carbocycles. The Balaban J connectivity index is 2.14. The molecule has 4 aromatic rings. The van der Waals surface area contributed by atoms with Gasteiger partial charge in [-0.05, 0) is 25.1 Å². The van der Waals surface area contributed by atoms with Crippen molar-refractivity contribution in [3.05, 3.63) is 41.3 Å². The number of aromatic nitrogens is 5. The average Bonchev–Trinajstić information content (AvgIpc) is 3.24. The number of nitrogens with zero attached hydrogens (tertiary/aromatic N) is 5. The Labute approximate surface area is 182 Å². The van der Waals surface area contributed by atoms with E-state index in [1.165, 1.54) is 31.5 Å². The Kier molecular flexibility index (Phi) is 5.00. The van der Waals surface area contributed by atoms with Gasteiger partial charge in [-0.2, -0.15) is 26.3 Å². The third-order valence-corrected chi connectivity index (χ3v) is 6.82. The summed E-state index contributed by atoms with van der Waals surface area (Å²) in [7, 11) is -2.89. The van der Waals surface area contributed by atoms with Crippen molar-refractivity contribution in [1.82, 2.24) is 23.9 Å². The molecule has 0 aliphatic heterocycles. The maximum absolute atomic E-state index is 13.7. The maximum atomic E-state index is 13.7. The Morgan fingerprint density at radius 2 is 1.67 bits per heavy atom. The molecule has 0 unspecified atom stereocenters. The molecule has 0 atom stereocenters. The van der Waals surface area contributed by atoms with E-state index in [2.05, 4.69) is 15.0 Å². The lowest BCUT2D eigenvalue weighted by Gasteiger charge is -2.12. The molecule has 4 heterocycles. The van der Waals surface area contributed by atoms with E-state index in [1.54, 1.807) is 0 Å². The Hall–Kier alpha value is -3.16. The van der Waals surface area contributed by atoms with Crippen LogP contribution in [0.3, 0.4) is 0 Å². The van der Waals surface area contributed by atoms with Crippen molar-refractivity contribution in [3.63, 3.8) is 0 Å². The van der Waals surface area contributed by atoms with Crippen molar-refractivity contribution in [3.8, 4) is 11.5 Å². The van der Waals surface area contributed by atoms with Gasteiger partial charge < -0.3 is 4.57 Å². The summed E-state index contributed by atoms with van der Waals surface area (Å²) < 4.78 is 108. The van der Waals surface area contributed by atoms with Gasteiger partial charge in [0.25, 0.3) is 0 Å². The largest absolute Gasteiger partial charge is 0.433 e. The van der Waals surface area contributed by atoms with Crippen molar-refractivity contribution in [2.75, 3.05) is 5.75 Å². The molecule has 0 fully saturated rings. The van der Waals surface area contributed by atoms with E-state index in [0.29, 0.717) is 16.5 Å². The molecule has 0 bridgehead atoms. The first-order chi connectivity index (χ1) is 15.2. The molecule has 0 N–H and O–H groups in total. The van der Waals surface area contributed by atoms with Gasteiger partial charge in [-0.15, -0.1) is 0 Å². The fourth-order valence-corrected chi connectivity index (χ4v) is 4.83. The normalized spacial score (nSPS) is 13.4. The van der Waals surface area contributed by atoms with Crippen LogP contribution in [0.4, 0.5) is 26.3 Å². The van der Waals surface area contributed by atoms with Crippen LogP contribution in [0.25, 0.3) is 28.2 Å². The van der Waals surface area contributed by atoms with Crippen LogP contribution >= 0.6 is 0 Å². The predicted octanol–water partition coefficient (Wildman–Crippen LogP) is 4.42. The molecular weight excluding hydrogens is 476 g/mol. The first kappa shape index (κ1) is 23.0. The number of aryl methyl sites for hydroxylation is 2. The van der Waals surface area contributed by atoms with Crippen LogP contribution in [-0.4, -0.2) is 38.1 Å². The van der Waals surface area contributed by atoms with E-state index in [1.807, 2.05) is 0 Å².